The zero-order chi connectivity index (χ0) is 18.7. The van der Waals surface area contributed by atoms with Gasteiger partial charge in [-0.1, -0.05) is 35.9 Å². The lowest BCUT2D eigenvalue weighted by atomic mass is 10.2. The van der Waals surface area contributed by atoms with Gasteiger partial charge in [0, 0.05) is 36.8 Å². The summed E-state index contributed by atoms with van der Waals surface area (Å²) in [5, 5.41) is 0.413. The van der Waals surface area contributed by atoms with Crippen LogP contribution in [0.1, 0.15) is 15.9 Å². The molecule has 1 aliphatic rings. The van der Waals surface area contributed by atoms with Crippen molar-refractivity contribution in [2.24, 2.45) is 0 Å². The van der Waals surface area contributed by atoms with E-state index in [1.807, 2.05) is 0 Å². The van der Waals surface area contributed by atoms with Crippen LogP contribution >= 0.6 is 11.6 Å². The van der Waals surface area contributed by atoms with E-state index < -0.39 is 15.8 Å². The molecule has 0 N–H and O–H groups in total. The molecule has 0 bridgehead atoms. The summed E-state index contributed by atoms with van der Waals surface area (Å²) in [4.78, 5) is 14.0. The molecule has 1 fully saturated rings. The first kappa shape index (κ1) is 18.8. The lowest BCUT2D eigenvalue weighted by Gasteiger charge is -2.34. The third-order valence-electron chi connectivity index (χ3n) is 4.29. The maximum absolute atomic E-state index is 13.3. The third kappa shape index (κ3) is 4.23. The number of nitrogens with zero attached hydrogens (tertiary/aromatic N) is 2. The van der Waals surface area contributed by atoms with Crippen molar-refractivity contribution in [2.45, 2.75) is 5.75 Å². The van der Waals surface area contributed by atoms with E-state index in [1.165, 1.54) is 27.4 Å². The smallest absolute Gasteiger partial charge is 0.254 e. The Morgan fingerprint density at radius 1 is 1.04 bits per heavy atom. The Morgan fingerprint density at radius 3 is 2.38 bits per heavy atom. The Labute approximate surface area is 157 Å². The second-order valence-corrected chi connectivity index (χ2v) is 8.43. The van der Waals surface area contributed by atoms with Gasteiger partial charge < -0.3 is 4.90 Å². The fourth-order valence-corrected chi connectivity index (χ4v) is 4.71. The van der Waals surface area contributed by atoms with Crippen LogP contribution < -0.4 is 0 Å². The molecule has 0 saturated carbocycles. The average molecular weight is 397 g/mol. The molecule has 0 aliphatic carbocycles. The summed E-state index contributed by atoms with van der Waals surface area (Å²) in [5.41, 5.74) is 0.810. The summed E-state index contributed by atoms with van der Waals surface area (Å²) < 4.78 is 39.9. The molecule has 0 spiro atoms. The zero-order valence-corrected chi connectivity index (χ0v) is 15.5. The molecule has 8 heteroatoms. The average Bonchev–Trinajstić information content (AvgIpc) is 2.63. The van der Waals surface area contributed by atoms with Gasteiger partial charge in [-0.2, -0.15) is 4.31 Å². The van der Waals surface area contributed by atoms with Crippen LogP contribution in [-0.2, 0) is 15.8 Å². The Morgan fingerprint density at radius 2 is 1.73 bits per heavy atom. The predicted octanol–water partition coefficient (Wildman–Crippen LogP) is 2.77. The second-order valence-electron chi connectivity index (χ2n) is 6.05. The van der Waals surface area contributed by atoms with Crippen molar-refractivity contribution in [3.05, 3.63) is 70.5 Å². The predicted molar refractivity (Wildman–Crippen MR) is 98.0 cm³/mol. The fraction of sp³-hybridized carbons (Fsp3) is 0.278. The van der Waals surface area contributed by atoms with Crippen molar-refractivity contribution in [1.29, 1.82) is 0 Å². The molecule has 1 aliphatic heterocycles. The van der Waals surface area contributed by atoms with Gasteiger partial charge in [0.25, 0.3) is 5.91 Å². The van der Waals surface area contributed by atoms with Gasteiger partial charge in [-0.3, -0.25) is 4.79 Å². The minimum atomic E-state index is -3.53. The molecule has 1 amide bonds. The SMILES string of the molecule is O=C(c1cccc(F)c1)N1CCN(S(=O)(=O)Cc2ccccc2Cl)CC1. The highest BCUT2D eigenvalue weighted by Gasteiger charge is 2.29. The largest absolute Gasteiger partial charge is 0.336 e. The molecule has 138 valence electrons. The lowest BCUT2D eigenvalue weighted by Crippen LogP contribution is -2.50. The van der Waals surface area contributed by atoms with Gasteiger partial charge in [-0.15, -0.1) is 0 Å². The monoisotopic (exact) mass is 396 g/mol. The molecule has 3 rings (SSSR count). The summed E-state index contributed by atoms with van der Waals surface area (Å²) >= 11 is 6.05. The van der Waals surface area contributed by atoms with Gasteiger partial charge in [0.05, 0.1) is 5.75 Å². The Hall–Kier alpha value is -1.96. The number of carbonyl (C=O) groups excluding carboxylic acids is 1. The van der Waals surface area contributed by atoms with Crippen LogP contribution in [0.2, 0.25) is 5.02 Å². The summed E-state index contributed by atoms with van der Waals surface area (Å²) in [6, 6.07) is 12.3. The number of hydrogen-bond donors (Lipinski definition) is 0. The summed E-state index contributed by atoms with van der Waals surface area (Å²) in [7, 11) is -3.53. The molecule has 0 aromatic heterocycles. The summed E-state index contributed by atoms with van der Waals surface area (Å²) in [6.45, 7) is 0.926. The van der Waals surface area contributed by atoms with E-state index in [4.69, 9.17) is 11.6 Å². The van der Waals surface area contributed by atoms with E-state index >= 15 is 0 Å². The van der Waals surface area contributed by atoms with Crippen LogP contribution in [0.3, 0.4) is 0 Å². The quantitative estimate of drug-likeness (QED) is 0.798. The number of rotatable bonds is 4. The minimum Gasteiger partial charge on any atom is -0.336 e. The lowest BCUT2D eigenvalue weighted by molar-refractivity contribution is 0.0697. The Kier molecular flexibility index (Phi) is 5.60. The first-order chi connectivity index (χ1) is 12.4. The minimum absolute atomic E-state index is 0.176. The van der Waals surface area contributed by atoms with Gasteiger partial charge in [0.15, 0.2) is 0 Å². The van der Waals surface area contributed by atoms with Crippen molar-refractivity contribution in [2.75, 3.05) is 26.2 Å². The van der Waals surface area contributed by atoms with E-state index in [0.717, 1.165) is 0 Å². The number of piperazine rings is 1. The topological polar surface area (TPSA) is 57.7 Å². The van der Waals surface area contributed by atoms with Crippen molar-refractivity contribution in [3.63, 3.8) is 0 Å². The number of carbonyl (C=O) groups is 1. The van der Waals surface area contributed by atoms with Crippen LogP contribution in [0.15, 0.2) is 48.5 Å². The standard InChI is InChI=1S/C18H18ClFN2O3S/c19-17-7-2-1-4-15(17)13-26(24,25)22-10-8-21(9-11-22)18(23)14-5-3-6-16(20)12-14/h1-7,12H,8-11,13H2. The van der Waals surface area contributed by atoms with Gasteiger partial charge >= 0.3 is 0 Å². The number of sulfonamides is 1. The van der Waals surface area contributed by atoms with Crippen molar-refractivity contribution in [1.82, 2.24) is 9.21 Å². The van der Waals surface area contributed by atoms with Gasteiger partial charge in [-0.25, -0.2) is 12.8 Å². The normalized spacial score (nSPS) is 15.8. The van der Waals surface area contributed by atoms with Crippen LogP contribution in [0, 0.1) is 5.82 Å². The third-order valence-corrected chi connectivity index (χ3v) is 6.48. The fourth-order valence-electron chi connectivity index (χ4n) is 2.88. The molecule has 2 aromatic carbocycles. The number of halogens is 2. The first-order valence-electron chi connectivity index (χ1n) is 8.13. The van der Waals surface area contributed by atoms with Crippen LogP contribution in [0.5, 0.6) is 0 Å². The van der Waals surface area contributed by atoms with E-state index in [2.05, 4.69) is 0 Å². The maximum atomic E-state index is 13.3. The Bertz CT molecular complexity index is 912. The molecule has 1 heterocycles. The van der Waals surface area contributed by atoms with Crippen LogP contribution in [-0.4, -0.2) is 49.7 Å². The van der Waals surface area contributed by atoms with Crippen molar-refractivity contribution >= 4 is 27.5 Å². The van der Waals surface area contributed by atoms with E-state index in [1.54, 1.807) is 30.3 Å². The first-order valence-corrected chi connectivity index (χ1v) is 10.1. The van der Waals surface area contributed by atoms with Gasteiger partial charge in [0.1, 0.15) is 5.82 Å². The van der Waals surface area contributed by atoms with E-state index in [0.29, 0.717) is 10.6 Å². The maximum Gasteiger partial charge on any atom is 0.254 e. The van der Waals surface area contributed by atoms with Gasteiger partial charge in [-0.05, 0) is 29.8 Å². The molecule has 26 heavy (non-hydrogen) atoms. The highest BCUT2D eigenvalue weighted by atomic mass is 35.5. The number of hydrogen-bond acceptors (Lipinski definition) is 3. The second kappa shape index (κ2) is 7.73. The molecular weight excluding hydrogens is 379 g/mol. The summed E-state index contributed by atoms with van der Waals surface area (Å²) in [5.74, 6) is -0.950. The number of amides is 1. The highest BCUT2D eigenvalue weighted by Crippen LogP contribution is 2.21. The molecular formula is C18H18ClFN2O3S. The van der Waals surface area contributed by atoms with Crippen molar-refractivity contribution in [3.8, 4) is 0 Å². The molecule has 5 nitrogen and oxygen atoms in total. The van der Waals surface area contributed by atoms with Crippen LogP contribution in [0.4, 0.5) is 4.39 Å². The molecule has 2 aromatic rings. The van der Waals surface area contributed by atoms with Crippen LogP contribution in [0.25, 0.3) is 0 Å². The molecule has 1 saturated heterocycles. The van der Waals surface area contributed by atoms with E-state index in [9.17, 15) is 17.6 Å². The molecule has 0 radical (unpaired) electrons. The molecule has 0 unspecified atom stereocenters. The molecule has 0 atom stereocenters. The number of benzene rings is 2. The van der Waals surface area contributed by atoms with E-state index in [-0.39, 0.29) is 43.4 Å². The zero-order valence-electron chi connectivity index (χ0n) is 13.9. The Balaban J connectivity index is 1.64. The highest BCUT2D eigenvalue weighted by molar-refractivity contribution is 7.88. The van der Waals surface area contributed by atoms with Gasteiger partial charge in [0.2, 0.25) is 10.0 Å². The summed E-state index contributed by atoms with van der Waals surface area (Å²) in [6.07, 6.45) is 0. The van der Waals surface area contributed by atoms with Crippen molar-refractivity contribution < 1.29 is 17.6 Å².